The van der Waals surface area contributed by atoms with Crippen molar-refractivity contribution in [2.45, 2.75) is 12.6 Å². The van der Waals surface area contributed by atoms with Crippen LogP contribution < -0.4 is 10.2 Å². The van der Waals surface area contributed by atoms with Gasteiger partial charge in [0, 0.05) is 6.54 Å². The molecule has 0 radical (unpaired) electrons. The van der Waals surface area contributed by atoms with Gasteiger partial charge in [-0.2, -0.15) is 0 Å². The van der Waals surface area contributed by atoms with Crippen molar-refractivity contribution in [2.24, 2.45) is 0 Å². The highest BCUT2D eigenvalue weighted by Crippen LogP contribution is 2.41. The first-order chi connectivity index (χ1) is 15.5. The van der Waals surface area contributed by atoms with Crippen LogP contribution in [0.4, 0.5) is 4.39 Å². The number of rotatable bonds is 4. The average Bonchev–Trinajstić information content (AvgIpc) is 3.08. The van der Waals surface area contributed by atoms with Crippen molar-refractivity contribution < 1.29 is 23.4 Å². The molecule has 1 aromatic heterocycles. The maximum atomic E-state index is 13.4. The van der Waals surface area contributed by atoms with Gasteiger partial charge in [-0.05, 0) is 47.5 Å². The van der Waals surface area contributed by atoms with Crippen molar-refractivity contribution in [1.29, 1.82) is 0 Å². The number of halogens is 1. The largest absolute Gasteiger partial charge is 0.504 e. The maximum Gasteiger partial charge on any atom is 0.291 e. The van der Waals surface area contributed by atoms with Crippen LogP contribution in [0, 0.1) is 5.82 Å². The number of phenols is 1. The Kier molecular flexibility index (Phi) is 4.66. The van der Waals surface area contributed by atoms with E-state index in [1.807, 2.05) is 0 Å². The Morgan fingerprint density at radius 2 is 1.81 bits per heavy atom. The van der Waals surface area contributed by atoms with Crippen LogP contribution >= 0.6 is 0 Å². The average molecular weight is 431 g/mol. The molecule has 6 nitrogen and oxygen atoms in total. The number of hydrogen-bond acceptors (Lipinski definition) is 5. The molecular weight excluding hydrogens is 413 g/mol. The van der Waals surface area contributed by atoms with E-state index in [1.54, 1.807) is 48.5 Å². The summed E-state index contributed by atoms with van der Waals surface area (Å²) in [7, 11) is 1.42. The third-order valence-electron chi connectivity index (χ3n) is 5.66. The molecule has 0 saturated carbocycles. The van der Waals surface area contributed by atoms with Crippen LogP contribution in [-0.2, 0) is 6.54 Å². The minimum atomic E-state index is -0.766. The smallest absolute Gasteiger partial charge is 0.291 e. The van der Waals surface area contributed by atoms with Crippen LogP contribution in [0.1, 0.15) is 33.3 Å². The normalized spacial score (nSPS) is 15.2. The summed E-state index contributed by atoms with van der Waals surface area (Å²) in [4.78, 5) is 28.4. The van der Waals surface area contributed by atoms with E-state index in [0.717, 1.165) is 0 Å². The molecule has 1 aliphatic heterocycles. The second kappa shape index (κ2) is 7.53. The van der Waals surface area contributed by atoms with Crippen molar-refractivity contribution in [1.82, 2.24) is 4.90 Å². The molecule has 160 valence electrons. The molecule has 0 bridgehead atoms. The molecule has 7 heteroatoms. The zero-order valence-corrected chi connectivity index (χ0v) is 17.0. The zero-order valence-electron chi connectivity index (χ0n) is 17.0. The Hall–Kier alpha value is -4.13. The number of aromatic hydroxyl groups is 1. The summed E-state index contributed by atoms with van der Waals surface area (Å²) in [6, 6.07) is 16.5. The topological polar surface area (TPSA) is 80.0 Å². The molecule has 1 aliphatic rings. The van der Waals surface area contributed by atoms with Gasteiger partial charge in [-0.1, -0.05) is 30.3 Å². The van der Waals surface area contributed by atoms with Gasteiger partial charge in [0.15, 0.2) is 16.9 Å². The third-order valence-corrected chi connectivity index (χ3v) is 5.66. The van der Waals surface area contributed by atoms with Crippen molar-refractivity contribution in [3.8, 4) is 11.5 Å². The Morgan fingerprint density at radius 1 is 1.06 bits per heavy atom. The van der Waals surface area contributed by atoms with Gasteiger partial charge >= 0.3 is 0 Å². The first kappa shape index (κ1) is 19.8. The maximum absolute atomic E-state index is 13.4. The fourth-order valence-corrected chi connectivity index (χ4v) is 4.13. The van der Waals surface area contributed by atoms with Gasteiger partial charge in [0.05, 0.1) is 24.1 Å². The number of hydrogen-bond donors (Lipinski definition) is 1. The summed E-state index contributed by atoms with van der Waals surface area (Å²) < 4.78 is 24.5. The number of fused-ring (bicyclic) bond motifs is 2. The number of benzene rings is 3. The molecule has 2 heterocycles. The Balaban J connectivity index is 1.72. The molecule has 32 heavy (non-hydrogen) atoms. The quantitative estimate of drug-likeness (QED) is 0.518. The highest BCUT2D eigenvalue weighted by molar-refractivity contribution is 5.99. The summed E-state index contributed by atoms with van der Waals surface area (Å²) in [5, 5.41) is 10.4. The highest BCUT2D eigenvalue weighted by atomic mass is 19.1. The predicted octanol–water partition coefficient (Wildman–Crippen LogP) is 4.39. The molecule has 0 saturated heterocycles. The Labute approximate surface area is 182 Å². The highest BCUT2D eigenvalue weighted by Gasteiger charge is 2.43. The lowest BCUT2D eigenvalue weighted by molar-refractivity contribution is 0.0714. The summed E-state index contributed by atoms with van der Waals surface area (Å²) in [5.41, 5.74) is 1.53. The molecule has 0 unspecified atom stereocenters. The van der Waals surface area contributed by atoms with Gasteiger partial charge in [-0.25, -0.2) is 4.39 Å². The molecule has 4 aromatic rings. The first-order valence-corrected chi connectivity index (χ1v) is 9.96. The number of carbonyl (C=O) groups is 1. The molecule has 3 aromatic carbocycles. The molecule has 5 rings (SSSR count). The molecular formula is C25H18FNO5. The SMILES string of the molecule is COc1cc([C@H]2c3c(oc4ccccc4c3=O)C(=O)N2Cc2ccc(F)cc2)ccc1O. The number of nitrogens with zero attached hydrogens (tertiary/aromatic N) is 1. The van der Waals surface area contributed by atoms with E-state index in [9.17, 15) is 19.1 Å². The Bertz CT molecular complexity index is 1410. The van der Waals surface area contributed by atoms with E-state index in [0.29, 0.717) is 22.1 Å². The van der Waals surface area contributed by atoms with Crippen molar-refractivity contribution in [2.75, 3.05) is 7.11 Å². The monoisotopic (exact) mass is 431 g/mol. The number of phenolic OH excluding ortho intramolecular Hbond substituents is 1. The van der Waals surface area contributed by atoms with E-state index in [1.165, 1.54) is 30.2 Å². The lowest BCUT2D eigenvalue weighted by atomic mass is 9.98. The van der Waals surface area contributed by atoms with E-state index in [-0.39, 0.29) is 40.6 Å². The molecule has 1 N–H and O–H groups in total. The van der Waals surface area contributed by atoms with Crippen molar-refractivity contribution in [3.63, 3.8) is 0 Å². The molecule has 1 amide bonds. The third kappa shape index (κ3) is 3.10. The standard InChI is InChI=1S/C25H18FNO5/c1-31-20-12-15(8-11-18(20)28)22-21-23(29)17-4-2-3-5-19(17)32-24(21)25(30)27(22)13-14-6-9-16(26)10-7-14/h2-12,22,28H,13H2,1H3/t22-/m0/s1. The summed E-state index contributed by atoms with van der Waals surface area (Å²) >= 11 is 0. The number of amides is 1. The lowest BCUT2D eigenvalue weighted by Crippen LogP contribution is -2.29. The molecule has 0 fully saturated rings. The predicted molar refractivity (Wildman–Crippen MR) is 115 cm³/mol. The van der Waals surface area contributed by atoms with E-state index < -0.39 is 11.9 Å². The van der Waals surface area contributed by atoms with Crippen LogP contribution in [0.5, 0.6) is 11.5 Å². The number of methoxy groups -OCH3 is 1. The van der Waals surface area contributed by atoms with E-state index in [2.05, 4.69) is 0 Å². The van der Waals surface area contributed by atoms with Crippen LogP contribution in [0.3, 0.4) is 0 Å². The van der Waals surface area contributed by atoms with Crippen LogP contribution in [0.2, 0.25) is 0 Å². The van der Waals surface area contributed by atoms with Gasteiger partial charge in [0.1, 0.15) is 11.4 Å². The van der Waals surface area contributed by atoms with Crippen LogP contribution in [0.15, 0.2) is 75.9 Å². The fourth-order valence-electron chi connectivity index (χ4n) is 4.13. The minimum Gasteiger partial charge on any atom is -0.504 e. The fraction of sp³-hybridized carbons (Fsp3) is 0.120. The van der Waals surface area contributed by atoms with Gasteiger partial charge in [-0.3, -0.25) is 9.59 Å². The van der Waals surface area contributed by atoms with Crippen molar-refractivity contribution >= 4 is 16.9 Å². The summed E-state index contributed by atoms with van der Waals surface area (Å²) in [5.74, 6) is -0.684. The van der Waals surface area contributed by atoms with Crippen molar-refractivity contribution in [3.05, 3.63) is 105 Å². The van der Waals surface area contributed by atoms with E-state index in [4.69, 9.17) is 9.15 Å². The minimum absolute atomic E-state index is 0.0205. The number of para-hydroxylation sites is 1. The van der Waals surface area contributed by atoms with Gasteiger partial charge in [-0.15, -0.1) is 0 Å². The van der Waals surface area contributed by atoms with E-state index >= 15 is 0 Å². The summed E-state index contributed by atoms with van der Waals surface area (Å²) in [6.45, 7) is 0.132. The zero-order chi connectivity index (χ0) is 22.4. The van der Waals surface area contributed by atoms with Crippen LogP contribution in [0.25, 0.3) is 11.0 Å². The van der Waals surface area contributed by atoms with Gasteiger partial charge in [0.2, 0.25) is 5.76 Å². The number of carbonyl (C=O) groups excluding carboxylic acids is 1. The second-order valence-electron chi connectivity index (χ2n) is 7.56. The molecule has 0 spiro atoms. The Morgan fingerprint density at radius 3 is 2.56 bits per heavy atom. The van der Waals surface area contributed by atoms with Crippen LogP contribution in [-0.4, -0.2) is 23.0 Å². The summed E-state index contributed by atoms with van der Waals surface area (Å²) in [6.07, 6.45) is 0. The molecule has 0 aliphatic carbocycles. The van der Waals surface area contributed by atoms with Gasteiger partial charge < -0.3 is 19.2 Å². The second-order valence-corrected chi connectivity index (χ2v) is 7.56. The number of ether oxygens (including phenoxy) is 1. The van der Waals surface area contributed by atoms with Gasteiger partial charge in [0.25, 0.3) is 5.91 Å². The lowest BCUT2D eigenvalue weighted by Gasteiger charge is -2.25. The molecule has 1 atom stereocenters. The first-order valence-electron chi connectivity index (χ1n) is 9.96.